The van der Waals surface area contributed by atoms with Crippen LogP contribution in [0.5, 0.6) is 0 Å². The lowest BCUT2D eigenvalue weighted by atomic mass is 10.0. The second-order valence-electron chi connectivity index (χ2n) is 5.15. The Hall–Kier alpha value is -1.07. The van der Waals surface area contributed by atoms with Crippen LogP contribution >= 0.6 is 12.6 Å². The highest BCUT2D eigenvalue weighted by molar-refractivity contribution is 7.80. The van der Waals surface area contributed by atoms with E-state index in [1.807, 2.05) is 4.90 Å². The number of rotatable bonds is 2. The van der Waals surface area contributed by atoms with Gasteiger partial charge in [0.2, 0.25) is 0 Å². The van der Waals surface area contributed by atoms with E-state index < -0.39 is 5.82 Å². The molecular formula is C14H19FN2OS. The van der Waals surface area contributed by atoms with Gasteiger partial charge in [-0.2, -0.15) is 0 Å². The van der Waals surface area contributed by atoms with E-state index in [9.17, 15) is 9.18 Å². The van der Waals surface area contributed by atoms with Gasteiger partial charge in [0, 0.05) is 29.6 Å². The summed E-state index contributed by atoms with van der Waals surface area (Å²) in [7, 11) is 4.13. The van der Waals surface area contributed by atoms with Crippen LogP contribution in [-0.4, -0.2) is 48.9 Å². The standard InChI is InChI=1S/C14H19FN2OS/c1-16(2)11-5-7-17(8-6-11)14(18)10-3-4-12(15)13(19)9-10/h3-4,9,11,19H,5-8H2,1-2H3. The molecule has 1 heterocycles. The van der Waals surface area contributed by atoms with Crippen LogP contribution in [0.1, 0.15) is 23.2 Å². The van der Waals surface area contributed by atoms with E-state index in [0.29, 0.717) is 11.6 Å². The fraction of sp³-hybridized carbons (Fsp3) is 0.500. The van der Waals surface area contributed by atoms with Crippen LogP contribution in [0.15, 0.2) is 23.1 Å². The van der Waals surface area contributed by atoms with Crippen LogP contribution in [0.4, 0.5) is 4.39 Å². The third kappa shape index (κ3) is 3.28. The average molecular weight is 282 g/mol. The molecule has 5 heteroatoms. The molecular weight excluding hydrogens is 263 g/mol. The minimum atomic E-state index is -0.397. The molecule has 104 valence electrons. The number of hydrogen-bond acceptors (Lipinski definition) is 3. The van der Waals surface area contributed by atoms with E-state index in [4.69, 9.17) is 0 Å². The molecule has 0 aliphatic carbocycles. The second-order valence-corrected chi connectivity index (χ2v) is 5.63. The van der Waals surface area contributed by atoms with Crippen molar-refractivity contribution in [3.63, 3.8) is 0 Å². The van der Waals surface area contributed by atoms with Crippen molar-refractivity contribution in [3.8, 4) is 0 Å². The van der Waals surface area contributed by atoms with E-state index in [1.165, 1.54) is 18.2 Å². The second kappa shape index (κ2) is 5.92. The van der Waals surface area contributed by atoms with Crippen LogP contribution in [-0.2, 0) is 0 Å². The van der Waals surface area contributed by atoms with Crippen molar-refractivity contribution in [1.29, 1.82) is 0 Å². The maximum absolute atomic E-state index is 13.1. The zero-order valence-electron chi connectivity index (χ0n) is 11.3. The zero-order valence-corrected chi connectivity index (χ0v) is 12.2. The van der Waals surface area contributed by atoms with Crippen LogP contribution in [0.25, 0.3) is 0 Å². The van der Waals surface area contributed by atoms with E-state index in [0.717, 1.165) is 25.9 Å². The van der Waals surface area contributed by atoms with Gasteiger partial charge in [0.05, 0.1) is 0 Å². The topological polar surface area (TPSA) is 23.6 Å². The van der Waals surface area contributed by atoms with Crippen LogP contribution in [0, 0.1) is 5.82 Å². The molecule has 0 spiro atoms. The summed E-state index contributed by atoms with van der Waals surface area (Å²) in [5.74, 6) is -0.432. The van der Waals surface area contributed by atoms with Crippen molar-refractivity contribution in [2.75, 3.05) is 27.2 Å². The Morgan fingerprint density at radius 2 is 2.00 bits per heavy atom. The smallest absolute Gasteiger partial charge is 0.253 e. The van der Waals surface area contributed by atoms with E-state index in [-0.39, 0.29) is 10.8 Å². The molecule has 1 aliphatic rings. The average Bonchev–Trinajstić information content (AvgIpc) is 2.41. The highest BCUT2D eigenvalue weighted by atomic mass is 32.1. The van der Waals surface area contributed by atoms with Gasteiger partial charge < -0.3 is 9.80 Å². The minimum absolute atomic E-state index is 0.0347. The van der Waals surface area contributed by atoms with Crippen molar-refractivity contribution < 1.29 is 9.18 Å². The number of thiol groups is 1. The molecule has 0 bridgehead atoms. The number of benzene rings is 1. The number of carbonyl (C=O) groups is 1. The number of likely N-dealkylation sites (tertiary alicyclic amines) is 1. The van der Waals surface area contributed by atoms with Gasteiger partial charge in [-0.3, -0.25) is 4.79 Å². The highest BCUT2D eigenvalue weighted by Crippen LogP contribution is 2.19. The summed E-state index contributed by atoms with van der Waals surface area (Å²) >= 11 is 4.01. The molecule has 1 aliphatic heterocycles. The van der Waals surface area contributed by atoms with Crippen molar-refractivity contribution in [1.82, 2.24) is 9.80 Å². The summed E-state index contributed by atoms with van der Waals surface area (Å²) < 4.78 is 13.1. The predicted octanol–water partition coefficient (Wildman–Crippen LogP) is 2.28. The largest absolute Gasteiger partial charge is 0.339 e. The Bertz CT molecular complexity index is 471. The van der Waals surface area contributed by atoms with Gasteiger partial charge in [-0.25, -0.2) is 4.39 Å². The van der Waals surface area contributed by atoms with Gasteiger partial charge >= 0.3 is 0 Å². The lowest BCUT2D eigenvalue weighted by Gasteiger charge is -2.35. The number of halogens is 1. The SMILES string of the molecule is CN(C)C1CCN(C(=O)c2ccc(F)c(S)c2)CC1. The molecule has 0 N–H and O–H groups in total. The van der Waals surface area contributed by atoms with E-state index >= 15 is 0 Å². The molecule has 0 unspecified atom stereocenters. The number of piperidine rings is 1. The summed E-state index contributed by atoms with van der Waals surface area (Å²) in [6.45, 7) is 1.50. The first-order valence-electron chi connectivity index (χ1n) is 6.43. The predicted molar refractivity (Wildman–Crippen MR) is 76.3 cm³/mol. The lowest BCUT2D eigenvalue weighted by molar-refractivity contribution is 0.0663. The molecule has 1 aromatic carbocycles. The molecule has 1 aromatic rings. The Morgan fingerprint density at radius 1 is 1.37 bits per heavy atom. The number of carbonyl (C=O) groups excluding carboxylic acids is 1. The fourth-order valence-corrected chi connectivity index (χ4v) is 2.63. The molecule has 2 rings (SSSR count). The molecule has 0 radical (unpaired) electrons. The molecule has 1 saturated heterocycles. The van der Waals surface area contributed by atoms with Crippen molar-refractivity contribution in [3.05, 3.63) is 29.6 Å². The van der Waals surface area contributed by atoms with Crippen molar-refractivity contribution in [2.24, 2.45) is 0 Å². The van der Waals surface area contributed by atoms with Crippen molar-refractivity contribution >= 4 is 18.5 Å². The number of nitrogens with zero attached hydrogens (tertiary/aromatic N) is 2. The Kier molecular flexibility index (Phi) is 4.47. The zero-order chi connectivity index (χ0) is 14.0. The van der Waals surface area contributed by atoms with Crippen LogP contribution < -0.4 is 0 Å². The fourth-order valence-electron chi connectivity index (χ4n) is 2.41. The first-order chi connectivity index (χ1) is 8.99. The van der Waals surface area contributed by atoms with E-state index in [2.05, 4.69) is 31.6 Å². The monoisotopic (exact) mass is 282 g/mol. The summed E-state index contributed by atoms with van der Waals surface area (Å²) in [6, 6.07) is 4.86. The maximum atomic E-state index is 13.1. The first kappa shape index (κ1) is 14.3. The Morgan fingerprint density at radius 3 is 2.53 bits per heavy atom. The van der Waals surface area contributed by atoms with Gasteiger partial charge in [0.1, 0.15) is 5.82 Å². The third-order valence-electron chi connectivity index (χ3n) is 3.68. The summed E-state index contributed by atoms with van der Waals surface area (Å²) in [6.07, 6.45) is 1.96. The third-order valence-corrected chi connectivity index (χ3v) is 4.02. The summed E-state index contributed by atoms with van der Waals surface area (Å²) in [5.41, 5.74) is 0.509. The lowest BCUT2D eigenvalue weighted by Crippen LogP contribution is -2.44. The molecule has 1 fully saturated rings. The first-order valence-corrected chi connectivity index (χ1v) is 6.88. The molecule has 0 aromatic heterocycles. The Labute approximate surface area is 118 Å². The number of amides is 1. The molecule has 19 heavy (non-hydrogen) atoms. The van der Waals surface area contributed by atoms with Gasteiger partial charge in [0.25, 0.3) is 5.91 Å². The van der Waals surface area contributed by atoms with Gasteiger partial charge in [-0.1, -0.05) is 0 Å². The van der Waals surface area contributed by atoms with Crippen molar-refractivity contribution in [2.45, 2.75) is 23.8 Å². The van der Waals surface area contributed by atoms with Gasteiger partial charge in [0.15, 0.2) is 0 Å². The molecule has 0 saturated carbocycles. The number of hydrogen-bond donors (Lipinski definition) is 1. The van der Waals surface area contributed by atoms with Crippen LogP contribution in [0.2, 0.25) is 0 Å². The summed E-state index contributed by atoms with van der Waals surface area (Å²) in [4.78, 5) is 16.5. The highest BCUT2D eigenvalue weighted by Gasteiger charge is 2.24. The normalized spacial score (nSPS) is 17.0. The van der Waals surface area contributed by atoms with Gasteiger partial charge in [-0.15, -0.1) is 12.6 Å². The quantitative estimate of drug-likeness (QED) is 0.841. The van der Waals surface area contributed by atoms with E-state index in [1.54, 1.807) is 0 Å². The molecule has 1 amide bonds. The molecule has 3 nitrogen and oxygen atoms in total. The Balaban J connectivity index is 2.03. The van der Waals surface area contributed by atoms with Gasteiger partial charge in [-0.05, 0) is 45.1 Å². The maximum Gasteiger partial charge on any atom is 0.253 e. The molecule has 0 atom stereocenters. The summed E-state index contributed by atoms with van der Waals surface area (Å²) in [5, 5.41) is 0. The van der Waals surface area contributed by atoms with Crippen LogP contribution in [0.3, 0.4) is 0 Å². The minimum Gasteiger partial charge on any atom is -0.339 e.